The van der Waals surface area contributed by atoms with Gasteiger partial charge in [-0.25, -0.2) is 8.78 Å². The van der Waals surface area contributed by atoms with Gasteiger partial charge in [-0.05, 0) is 35.4 Å². The van der Waals surface area contributed by atoms with Crippen LogP contribution >= 0.6 is 0 Å². The minimum absolute atomic E-state index is 0.0314. The molecule has 3 nitrogen and oxygen atoms in total. The molecule has 5 heteroatoms. The summed E-state index contributed by atoms with van der Waals surface area (Å²) in [6, 6.07) is 11.1. The van der Waals surface area contributed by atoms with Crippen LogP contribution in [-0.4, -0.2) is 17.6 Å². The summed E-state index contributed by atoms with van der Waals surface area (Å²) in [7, 11) is 0. The van der Waals surface area contributed by atoms with E-state index in [0.29, 0.717) is 0 Å². The lowest BCUT2D eigenvalue weighted by atomic mass is 9.85. The van der Waals surface area contributed by atoms with Crippen molar-refractivity contribution < 1.29 is 18.7 Å². The summed E-state index contributed by atoms with van der Waals surface area (Å²) < 4.78 is 26.7. The van der Waals surface area contributed by atoms with Crippen LogP contribution in [0, 0.1) is 11.6 Å². The normalized spacial score (nSPS) is 16.7. The fraction of sp³-hybridized carbons (Fsp3) is 0.409. The van der Waals surface area contributed by atoms with E-state index in [2.05, 4.69) is 26.1 Å². The molecule has 1 saturated carbocycles. The van der Waals surface area contributed by atoms with Crippen molar-refractivity contribution in [1.82, 2.24) is 5.32 Å². The van der Waals surface area contributed by atoms with E-state index in [4.69, 9.17) is 0 Å². The molecule has 0 bridgehead atoms. The number of rotatable bonds is 5. The fourth-order valence-corrected chi connectivity index (χ4v) is 3.30. The van der Waals surface area contributed by atoms with Gasteiger partial charge in [0.1, 0.15) is 11.6 Å². The molecule has 1 aliphatic rings. The van der Waals surface area contributed by atoms with Gasteiger partial charge in [-0.1, -0.05) is 51.1 Å². The molecule has 2 N–H and O–H groups in total. The lowest BCUT2D eigenvalue weighted by molar-refractivity contribution is -0.124. The Hall–Kier alpha value is -2.27. The van der Waals surface area contributed by atoms with Crippen LogP contribution in [0.2, 0.25) is 0 Å². The predicted octanol–water partition coefficient (Wildman–Crippen LogP) is 4.14. The molecule has 27 heavy (non-hydrogen) atoms. The first kappa shape index (κ1) is 19.5. The maximum absolute atomic E-state index is 13.8. The molecule has 1 fully saturated rings. The molecular formula is C22H25F2NO2. The lowest BCUT2D eigenvalue weighted by Gasteiger charge is -2.22. The average molecular weight is 373 g/mol. The van der Waals surface area contributed by atoms with Crippen LogP contribution in [0.25, 0.3) is 0 Å². The molecule has 1 amide bonds. The Bertz CT molecular complexity index is 836. The summed E-state index contributed by atoms with van der Waals surface area (Å²) in [5.41, 5.74) is 1.59. The van der Waals surface area contributed by atoms with E-state index in [-0.39, 0.29) is 23.4 Å². The number of amides is 1. The second-order valence-electron chi connectivity index (χ2n) is 8.30. The number of aliphatic hydroxyl groups excluding tert-OH is 1. The lowest BCUT2D eigenvalue weighted by Crippen LogP contribution is -2.37. The molecule has 0 aliphatic heterocycles. The van der Waals surface area contributed by atoms with Crippen LogP contribution in [0.4, 0.5) is 8.78 Å². The van der Waals surface area contributed by atoms with Gasteiger partial charge in [0.25, 0.3) is 0 Å². The molecule has 2 aromatic carbocycles. The molecule has 0 saturated heterocycles. The summed E-state index contributed by atoms with van der Waals surface area (Å²) in [6.45, 7) is 6.29. The number of aliphatic hydroxyl groups is 1. The highest BCUT2D eigenvalue weighted by atomic mass is 19.1. The second kappa shape index (κ2) is 7.04. The topological polar surface area (TPSA) is 49.3 Å². The Balaban J connectivity index is 1.67. The van der Waals surface area contributed by atoms with Crippen molar-refractivity contribution in [2.24, 2.45) is 0 Å². The molecular weight excluding hydrogens is 348 g/mol. The highest BCUT2D eigenvalue weighted by molar-refractivity contribution is 5.91. The van der Waals surface area contributed by atoms with Crippen molar-refractivity contribution in [1.29, 1.82) is 0 Å². The van der Waals surface area contributed by atoms with Crippen LogP contribution < -0.4 is 5.32 Å². The number of benzene rings is 2. The van der Waals surface area contributed by atoms with Crippen LogP contribution in [0.3, 0.4) is 0 Å². The minimum Gasteiger partial charge on any atom is -0.386 e. The van der Waals surface area contributed by atoms with Crippen LogP contribution in [0.1, 0.15) is 56.4 Å². The molecule has 0 heterocycles. The zero-order valence-corrected chi connectivity index (χ0v) is 15.9. The van der Waals surface area contributed by atoms with Crippen LogP contribution in [0.5, 0.6) is 0 Å². The van der Waals surface area contributed by atoms with E-state index in [0.717, 1.165) is 30.5 Å². The molecule has 1 atom stereocenters. The zero-order valence-electron chi connectivity index (χ0n) is 15.9. The third-order valence-electron chi connectivity index (χ3n) is 5.27. The fourth-order valence-electron chi connectivity index (χ4n) is 3.30. The SMILES string of the molecule is CC(C)(C)c1ccc(C2(C(=O)NCC(O)c3ccc(F)cc3F)CC2)cc1. The first-order valence-electron chi connectivity index (χ1n) is 9.16. The quantitative estimate of drug-likeness (QED) is 0.827. The molecule has 0 aromatic heterocycles. The van der Waals surface area contributed by atoms with E-state index >= 15 is 0 Å². The second-order valence-corrected chi connectivity index (χ2v) is 8.30. The van der Waals surface area contributed by atoms with E-state index in [1.54, 1.807) is 0 Å². The summed E-state index contributed by atoms with van der Waals surface area (Å²) in [6.07, 6.45) is 0.261. The third kappa shape index (κ3) is 4.03. The number of hydrogen-bond acceptors (Lipinski definition) is 2. The largest absolute Gasteiger partial charge is 0.386 e. The Morgan fingerprint density at radius 2 is 1.78 bits per heavy atom. The minimum atomic E-state index is -1.23. The predicted molar refractivity (Wildman–Crippen MR) is 100 cm³/mol. The van der Waals surface area contributed by atoms with Gasteiger partial charge in [-0.3, -0.25) is 4.79 Å². The van der Waals surface area contributed by atoms with E-state index in [1.165, 1.54) is 11.6 Å². The molecule has 2 aromatic rings. The van der Waals surface area contributed by atoms with Crippen LogP contribution in [-0.2, 0) is 15.6 Å². The molecule has 1 aliphatic carbocycles. The summed E-state index contributed by atoms with van der Waals surface area (Å²) in [5, 5.41) is 12.9. The summed E-state index contributed by atoms with van der Waals surface area (Å²) in [5.74, 6) is -1.70. The van der Waals surface area contributed by atoms with Crippen molar-refractivity contribution in [3.8, 4) is 0 Å². The highest BCUT2D eigenvalue weighted by Gasteiger charge is 2.51. The van der Waals surface area contributed by atoms with E-state index in [9.17, 15) is 18.7 Å². The zero-order chi connectivity index (χ0) is 19.8. The summed E-state index contributed by atoms with van der Waals surface area (Å²) >= 11 is 0. The first-order chi connectivity index (χ1) is 12.6. The number of halogens is 2. The number of carbonyl (C=O) groups excluding carboxylic acids is 1. The van der Waals surface area contributed by atoms with Gasteiger partial charge in [0.15, 0.2) is 0 Å². The standard InChI is InChI=1S/C22H25F2NO2/c1-21(2,3)14-4-6-15(7-5-14)22(10-11-22)20(27)25-13-19(26)17-9-8-16(23)12-18(17)24/h4-9,12,19,26H,10-11,13H2,1-3H3,(H,25,27). The van der Waals surface area contributed by atoms with Crippen molar-refractivity contribution in [3.05, 3.63) is 70.8 Å². The molecule has 0 radical (unpaired) electrons. The average Bonchev–Trinajstić information content (AvgIpc) is 3.41. The van der Waals surface area contributed by atoms with Crippen molar-refractivity contribution in [3.63, 3.8) is 0 Å². The smallest absolute Gasteiger partial charge is 0.230 e. The molecule has 3 rings (SSSR count). The maximum atomic E-state index is 13.8. The van der Waals surface area contributed by atoms with Crippen molar-refractivity contribution >= 4 is 5.91 Å². The van der Waals surface area contributed by atoms with Gasteiger partial charge in [0.2, 0.25) is 5.91 Å². The van der Waals surface area contributed by atoms with Gasteiger partial charge >= 0.3 is 0 Å². The third-order valence-corrected chi connectivity index (χ3v) is 5.27. The molecule has 1 unspecified atom stereocenters. The van der Waals surface area contributed by atoms with Gasteiger partial charge in [-0.2, -0.15) is 0 Å². The van der Waals surface area contributed by atoms with Gasteiger partial charge in [0, 0.05) is 18.2 Å². The van der Waals surface area contributed by atoms with Gasteiger partial charge in [0.05, 0.1) is 11.5 Å². The molecule has 0 spiro atoms. The number of carbonyl (C=O) groups is 1. The summed E-state index contributed by atoms with van der Waals surface area (Å²) in [4.78, 5) is 12.7. The van der Waals surface area contributed by atoms with Gasteiger partial charge < -0.3 is 10.4 Å². The van der Waals surface area contributed by atoms with E-state index in [1.807, 2.05) is 24.3 Å². The Kier molecular flexibility index (Phi) is 5.08. The number of hydrogen-bond donors (Lipinski definition) is 2. The monoisotopic (exact) mass is 373 g/mol. The highest BCUT2D eigenvalue weighted by Crippen LogP contribution is 2.48. The van der Waals surface area contributed by atoms with Crippen LogP contribution in [0.15, 0.2) is 42.5 Å². The number of nitrogens with one attached hydrogen (secondary N) is 1. The Morgan fingerprint density at radius 3 is 2.30 bits per heavy atom. The Labute approximate surface area is 158 Å². The van der Waals surface area contributed by atoms with Gasteiger partial charge in [-0.15, -0.1) is 0 Å². The maximum Gasteiger partial charge on any atom is 0.230 e. The first-order valence-corrected chi connectivity index (χ1v) is 9.16. The molecule has 144 valence electrons. The van der Waals surface area contributed by atoms with E-state index < -0.39 is 23.2 Å². The van der Waals surface area contributed by atoms with Crippen molar-refractivity contribution in [2.75, 3.05) is 6.54 Å². The van der Waals surface area contributed by atoms with Crippen molar-refractivity contribution in [2.45, 2.75) is 50.5 Å². The Morgan fingerprint density at radius 1 is 1.15 bits per heavy atom.